The van der Waals surface area contributed by atoms with Crippen LogP contribution in [0.4, 0.5) is 0 Å². The summed E-state index contributed by atoms with van der Waals surface area (Å²) in [5, 5.41) is 10.8. The maximum atomic E-state index is 12.0. The molecule has 0 bridgehead atoms. The van der Waals surface area contributed by atoms with Crippen LogP contribution in [-0.2, 0) is 11.2 Å². The van der Waals surface area contributed by atoms with Crippen molar-refractivity contribution in [3.63, 3.8) is 0 Å². The van der Waals surface area contributed by atoms with E-state index < -0.39 is 0 Å². The predicted molar refractivity (Wildman–Crippen MR) is 86.7 cm³/mol. The normalized spacial score (nSPS) is 12.0. The van der Waals surface area contributed by atoms with Gasteiger partial charge >= 0.3 is 0 Å². The summed E-state index contributed by atoms with van der Waals surface area (Å²) in [5.41, 5.74) is 1.95. The molecule has 0 saturated carbocycles. The maximum absolute atomic E-state index is 12.0. The van der Waals surface area contributed by atoms with E-state index in [1.165, 1.54) is 0 Å². The highest BCUT2D eigenvalue weighted by molar-refractivity contribution is 7.08. The average molecular weight is 328 g/mol. The van der Waals surface area contributed by atoms with Crippen molar-refractivity contribution in [2.45, 2.75) is 25.8 Å². The molecule has 0 unspecified atom stereocenters. The van der Waals surface area contributed by atoms with Gasteiger partial charge in [-0.25, -0.2) is 0 Å². The van der Waals surface area contributed by atoms with Crippen molar-refractivity contribution in [2.75, 3.05) is 0 Å². The van der Waals surface area contributed by atoms with Gasteiger partial charge in [0.15, 0.2) is 0 Å². The zero-order valence-corrected chi connectivity index (χ0v) is 13.4. The molecule has 1 N–H and O–H groups in total. The smallest absolute Gasteiger partial charge is 0.227 e. The number of aryl methyl sites for hydroxylation is 1. The van der Waals surface area contributed by atoms with Crippen LogP contribution >= 0.6 is 11.3 Å². The molecule has 7 heteroatoms. The third-order valence-electron chi connectivity index (χ3n) is 3.40. The van der Waals surface area contributed by atoms with Crippen molar-refractivity contribution in [3.05, 3.63) is 52.8 Å². The van der Waals surface area contributed by atoms with Crippen LogP contribution in [0.5, 0.6) is 0 Å². The van der Waals surface area contributed by atoms with Crippen molar-refractivity contribution in [1.29, 1.82) is 0 Å². The molecule has 3 aromatic heterocycles. The highest BCUT2D eigenvalue weighted by atomic mass is 32.1. The first-order valence-corrected chi connectivity index (χ1v) is 8.21. The fourth-order valence-corrected chi connectivity index (χ4v) is 2.77. The molecule has 0 aliphatic rings. The molecular formula is C16H16N4O2S. The Labute approximate surface area is 137 Å². The number of rotatable bonds is 6. The number of carbonyl (C=O) groups is 1. The van der Waals surface area contributed by atoms with E-state index in [2.05, 4.69) is 20.4 Å². The second kappa shape index (κ2) is 7.15. The van der Waals surface area contributed by atoms with Gasteiger partial charge in [-0.05, 0) is 36.1 Å². The number of hydrogen-bond acceptors (Lipinski definition) is 6. The molecular weight excluding hydrogens is 312 g/mol. The van der Waals surface area contributed by atoms with E-state index in [1.807, 2.05) is 35.9 Å². The lowest BCUT2D eigenvalue weighted by Gasteiger charge is -2.13. The number of nitrogens with zero attached hydrogens (tertiary/aromatic N) is 3. The van der Waals surface area contributed by atoms with Gasteiger partial charge in [0, 0.05) is 36.2 Å². The van der Waals surface area contributed by atoms with E-state index >= 15 is 0 Å². The molecule has 118 valence electrons. The van der Waals surface area contributed by atoms with E-state index in [1.54, 1.807) is 23.7 Å². The molecule has 0 aliphatic carbocycles. The van der Waals surface area contributed by atoms with Crippen molar-refractivity contribution < 1.29 is 9.32 Å². The van der Waals surface area contributed by atoms with Gasteiger partial charge in [0.1, 0.15) is 0 Å². The lowest BCUT2D eigenvalue weighted by atomic mass is 10.1. The zero-order valence-electron chi connectivity index (χ0n) is 12.6. The van der Waals surface area contributed by atoms with E-state index in [4.69, 9.17) is 4.52 Å². The van der Waals surface area contributed by atoms with Gasteiger partial charge in [-0.2, -0.15) is 16.3 Å². The Balaban J connectivity index is 1.51. The third kappa shape index (κ3) is 4.01. The molecule has 0 aliphatic heterocycles. The van der Waals surface area contributed by atoms with Gasteiger partial charge in [0.2, 0.25) is 17.6 Å². The van der Waals surface area contributed by atoms with Crippen molar-refractivity contribution in [2.24, 2.45) is 0 Å². The van der Waals surface area contributed by atoms with Crippen LogP contribution in [0.2, 0.25) is 0 Å². The number of nitrogens with one attached hydrogen (secondary N) is 1. The number of carbonyl (C=O) groups excluding carboxylic acids is 1. The van der Waals surface area contributed by atoms with E-state index in [9.17, 15) is 4.79 Å². The van der Waals surface area contributed by atoms with Gasteiger partial charge in [0.25, 0.3) is 0 Å². The number of hydrogen-bond donors (Lipinski definition) is 1. The molecule has 0 aromatic carbocycles. The second-order valence-electron chi connectivity index (χ2n) is 5.09. The Morgan fingerprint density at radius 1 is 1.35 bits per heavy atom. The Bertz CT molecular complexity index is 756. The summed E-state index contributed by atoms with van der Waals surface area (Å²) in [6.07, 6.45) is 4.15. The minimum absolute atomic E-state index is 0.0513. The van der Waals surface area contributed by atoms with E-state index in [-0.39, 0.29) is 11.9 Å². The highest BCUT2D eigenvalue weighted by Gasteiger charge is 2.13. The third-order valence-corrected chi connectivity index (χ3v) is 4.08. The summed E-state index contributed by atoms with van der Waals surface area (Å²) in [5.74, 6) is 0.981. The molecule has 0 radical (unpaired) electrons. The van der Waals surface area contributed by atoms with Crippen LogP contribution in [0.3, 0.4) is 0 Å². The zero-order chi connectivity index (χ0) is 16.1. The van der Waals surface area contributed by atoms with Crippen LogP contribution in [0.15, 0.2) is 45.9 Å². The average Bonchev–Trinajstić information content (AvgIpc) is 3.25. The molecule has 3 aromatic rings. The molecule has 3 heterocycles. The van der Waals surface area contributed by atoms with E-state index in [0.29, 0.717) is 24.6 Å². The van der Waals surface area contributed by atoms with Gasteiger partial charge < -0.3 is 9.84 Å². The number of amides is 1. The van der Waals surface area contributed by atoms with Gasteiger partial charge in [-0.1, -0.05) is 5.16 Å². The SMILES string of the molecule is C[C@H](NC(=O)CCc1nc(-c2ccsc2)no1)c1ccncc1. The first-order chi connectivity index (χ1) is 11.2. The highest BCUT2D eigenvalue weighted by Crippen LogP contribution is 2.19. The summed E-state index contributed by atoms with van der Waals surface area (Å²) in [6.45, 7) is 1.94. The van der Waals surface area contributed by atoms with Crippen LogP contribution in [0.1, 0.15) is 30.8 Å². The fourth-order valence-electron chi connectivity index (χ4n) is 2.13. The molecule has 0 fully saturated rings. The Hall–Kier alpha value is -2.54. The van der Waals surface area contributed by atoms with Gasteiger partial charge in [-0.3, -0.25) is 9.78 Å². The van der Waals surface area contributed by atoms with Crippen LogP contribution in [0, 0.1) is 0 Å². The van der Waals surface area contributed by atoms with Gasteiger partial charge in [0.05, 0.1) is 6.04 Å². The second-order valence-corrected chi connectivity index (χ2v) is 5.87. The van der Waals surface area contributed by atoms with Crippen molar-refractivity contribution >= 4 is 17.2 Å². The quantitative estimate of drug-likeness (QED) is 0.752. The standard InChI is InChI=1S/C16H16N4O2S/c1-11(12-4-7-17-8-5-12)18-14(21)2-3-15-19-16(20-22-15)13-6-9-23-10-13/h4-11H,2-3H2,1H3,(H,18,21)/t11-/m0/s1. The van der Waals surface area contributed by atoms with Crippen LogP contribution in [-0.4, -0.2) is 21.0 Å². The molecule has 23 heavy (non-hydrogen) atoms. The summed E-state index contributed by atoms with van der Waals surface area (Å²) < 4.78 is 5.18. The summed E-state index contributed by atoms with van der Waals surface area (Å²) >= 11 is 1.58. The van der Waals surface area contributed by atoms with Crippen LogP contribution in [0.25, 0.3) is 11.4 Å². The van der Waals surface area contributed by atoms with E-state index in [0.717, 1.165) is 11.1 Å². The Kier molecular flexibility index (Phi) is 4.77. The molecule has 1 amide bonds. The Morgan fingerprint density at radius 2 is 2.17 bits per heavy atom. The minimum Gasteiger partial charge on any atom is -0.350 e. The lowest BCUT2D eigenvalue weighted by Crippen LogP contribution is -2.26. The molecule has 0 spiro atoms. The molecule has 0 saturated heterocycles. The number of pyridine rings is 1. The maximum Gasteiger partial charge on any atom is 0.227 e. The fraction of sp³-hybridized carbons (Fsp3) is 0.250. The lowest BCUT2D eigenvalue weighted by molar-refractivity contribution is -0.121. The summed E-state index contributed by atoms with van der Waals surface area (Å²) in [4.78, 5) is 20.3. The molecule has 3 rings (SSSR count). The predicted octanol–water partition coefficient (Wildman–Crippen LogP) is 3.00. The largest absolute Gasteiger partial charge is 0.350 e. The monoisotopic (exact) mass is 328 g/mol. The summed E-state index contributed by atoms with van der Waals surface area (Å²) in [7, 11) is 0. The topological polar surface area (TPSA) is 80.9 Å². The molecule has 1 atom stereocenters. The first kappa shape index (κ1) is 15.4. The first-order valence-electron chi connectivity index (χ1n) is 7.27. The minimum atomic E-state index is -0.0606. The molecule has 6 nitrogen and oxygen atoms in total. The number of thiophene rings is 1. The Morgan fingerprint density at radius 3 is 2.91 bits per heavy atom. The van der Waals surface area contributed by atoms with Crippen molar-refractivity contribution in [3.8, 4) is 11.4 Å². The van der Waals surface area contributed by atoms with Gasteiger partial charge in [-0.15, -0.1) is 0 Å². The van der Waals surface area contributed by atoms with Crippen molar-refractivity contribution in [1.82, 2.24) is 20.4 Å². The van der Waals surface area contributed by atoms with Crippen LogP contribution < -0.4 is 5.32 Å². The number of aromatic nitrogens is 3. The summed E-state index contributed by atoms with van der Waals surface area (Å²) in [6, 6.07) is 5.64.